The van der Waals surface area contributed by atoms with Crippen molar-refractivity contribution in [3.05, 3.63) is 29.8 Å². The van der Waals surface area contributed by atoms with Crippen LogP contribution in [0.3, 0.4) is 0 Å². The number of piperidine rings is 1. The van der Waals surface area contributed by atoms with E-state index in [-0.39, 0.29) is 35.1 Å². The van der Waals surface area contributed by atoms with Gasteiger partial charge >= 0.3 is 0 Å². The molecule has 0 saturated carbocycles. The van der Waals surface area contributed by atoms with Crippen LogP contribution < -0.4 is 0 Å². The molecule has 0 bridgehead atoms. The molecule has 0 aromatic heterocycles. The highest BCUT2D eigenvalue weighted by Gasteiger charge is 2.35. The number of hydrogen-bond acceptors (Lipinski definition) is 4. The van der Waals surface area contributed by atoms with E-state index in [4.69, 9.17) is 0 Å². The standard InChI is InChI=1S/C19H31NO4S2/c1-15(2)14-25(21,22)17-10-12-20(13-11-17)26(23,24)18-8-6-16(7-9-18)19(3,4)5/h6-9,15,17H,10-14H2,1-5H3. The third kappa shape index (κ3) is 4.87. The Morgan fingerprint density at radius 2 is 1.50 bits per heavy atom. The Bertz CT molecular complexity index is 811. The lowest BCUT2D eigenvalue weighted by Gasteiger charge is -2.31. The summed E-state index contributed by atoms with van der Waals surface area (Å²) in [5.74, 6) is 0.252. The molecule has 7 heteroatoms. The minimum Gasteiger partial charge on any atom is -0.229 e. The summed E-state index contributed by atoms with van der Waals surface area (Å²) in [6.07, 6.45) is 0.739. The first-order valence-corrected chi connectivity index (χ1v) is 12.3. The number of hydrogen-bond donors (Lipinski definition) is 0. The third-order valence-corrected chi connectivity index (χ3v) is 9.36. The number of rotatable bonds is 5. The van der Waals surface area contributed by atoms with Gasteiger partial charge in [0.05, 0.1) is 15.9 Å². The Hall–Kier alpha value is -0.920. The molecule has 0 spiro atoms. The maximum absolute atomic E-state index is 12.9. The molecular weight excluding hydrogens is 370 g/mol. The molecule has 0 N–H and O–H groups in total. The quantitative estimate of drug-likeness (QED) is 0.759. The Morgan fingerprint density at radius 1 is 1.00 bits per heavy atom. The van der Waals surface area contributed by atoms with Gasteiger partial charge in [0, 0.05) is 13.1 Å². The largest absolute Gasteiger partial charge is 0.243 e. The van der Waals surface area contributed by atoms with Crippen molar-refractivity contribution < 1.29 is 16.8 Å². The predicted octanol–water partition coefficient (Wildman–Crippen LogP) is 3.21. The minimum atomic E-state index is -3.58. The Balaban J connectivity index is 2.11. The molecule has 1 aliphatic rings. The molecule has 5 nitrogen and oxygen atoms in total. The zero-order valence-corrected chi connectivity index (χ0v) is 18.0. The normalized spacial score (nSPS) is 18.4. The SMILES string of the molecule is CC(C)CS(=O)(=O)C1CCN(S(=O)(=O)c2ccc(C(C)(C)C)cc2)CC1. The van der Waals surface area contributed by atoms with Crippen LogP contribution in [0.25, 0.3) is 0 Å². The summed E-state index contributed by atoms with van der Waals surface area (Å²) in [6, 6.07) is 7.01. The number of nitrogens with zero attached hydrogens (tertiary/aromatic N) is 1. The van der Waals surface area contributed by atoms with Gasteiger partial charge in [0.1, 0.15) is 0 Å². The first-order valence-electron chi connectivity index (χ1n) is 9.16. The lowest BCUT2D eigenvalue weighted by atomic mass is 9.87. The van der Waals surface area contributed by atoms with E-state index in [0.29, 0.717) is 12.8 Å². The van der Waals surface area contributed by atoms with E-state index in [0.717, 1.165) is 5.56 Å². The van der Waals surface area contributed by atoms with Crippen LogP contribution in [0.4, 0.5) is 0 Å². The molecule has 0 amide bonds. The molecule has 1 saturated heterocycles. The van der Waals surface area contributed by atoms with Gasteiger partial charge in [-0.2, -0.15) is 4.31 Å². The average Bonchev–Trinajstić information content (AvgIpc) is 2.53. The molecular formula is C19H31NO4S2. The minimum absolute atomic E-state index is 0.0363. The highest BCUT2D eigenvalue weighted by molar-refractivity contribution is 7.92. The molecule has 1 aliphatic heterocycles. The van der Waals surface area contributed by atoms with E-state index >= 15 is 0 Å². The maximum Gasteiger partial charge on any atom is 0.243 e. The molecule has 148 valence electrons. The Morgan fingerprint density at radius 3 is 1.92 bits per heavy atom. The summed E-state index contributed by atoms with van der Waals surface area (Å²) in [4.78, 5) is 0.272. The van der Waals surface area contributed by atoms with Gasteiger partial charge in [-0.3, -0.25) is 0 Å². The van der Waals surface area contributed by atoms with E-state index in [1.807, 2.05) is 26.0 Å². The molecule has 1 aromatic carbocycles. The average molecular weight is 402 g/mol. The van der Waals surface area contributed by atoms with Gasteiger partial charge in [0.15, 0.2) is 9.84 Å². The molecule has 0 unspecified atom stereocenters. The van der Waals surface area contributed by atoms with Crippen LogP contribution in [0.2, 0.25) is 0 Å². The fourth-order valence-corrected chi connectivity index (χ4v) is 6.91. The van der Waals surface area contributed by atoms with Gasteiger partial charge in [0.25, 0.3) is 0 Å². The maximum atomic E-state index is 12.9. The van der Waals surface area contributed by atoms with Crippen molar-refractivity contribution in [1.29, 1.82) is 0 Å². The van der Waals surface area contributed by atoms with E-state index in [1.54, 1.807) is 12.1 Å². The van der Waals surface area contributed by atoms with Crippen molar-refractivity contribution in [3.63, 3.8) is 0 Å². The van der Waals surface area contributed by atoms with Crippen LogP contribution in [-0.2, 0) is 25.3 Å². The Kier molecular flexibility index (Phi) is 6.25. The summed E-state index contributed by atoms with van der Waals surface area (Å²) in [5, 5.41) is -0.431. The molecule has 0 atom stereocenters. The number of benzene rings is 1. The molecule has 1 fully saturated rings. The lowest BCUT2D eigenvalue weighted by molar-refractivity contribution is 0.345. The van der Waals surface area contributed by atoms with Crippen molar-refractivity contribution in [2.24, 2.45) is 5.92 Å². The van der Waals surface area contributed by atoms with Gasteiger partial charge in [-0.1, -0.05) is 46.8 Å². The zero-order chi connectivity index (χ0) is 19.8. The van der Waals surface area contributed by atoms with Gasteiger partial charge in [-0.05, 0) is 41.9 Å². The fourth-order valence-electron chi connectivity index (χ4n) is 3.31. The summed E-state index contributed by atoms with van der Waals surface area (Å²) in [7, 11) is -6.74. The monoisotopic (exact) mass is 401 g/mol. The highest BCUT2D eigenvalue weighted by atomic mass is 32.2. The molecule has 26 heavy (non-hydrogen) atoms. The van der Waals surface area contributed by atoms with Gasteiger partial charge < -0.3 is 0 Å². The number of sulfone groups is 1. The van der Waals surface area contributed by atoms with Crippen molar-refractivity contribution in [3.8, 4) is 0 Å². The van der Waals surface area contributed by atoms with E-state index < -0.39 is 25.1 Å². The summed E-state index contributed by atoms with van der Waals surface area (Å²) in [5.41, 5.74) is 1.04. The van der Waals surface area contributed by atoms with Crippen LogP contribution in [-0.4, -0.2) is 45.2 Å². The molecule has 1 heterocycles. The molecule has 1 aromatic rings. The van der Waals surface area contributed by atoms with Gasteiger partial charge in [0.2, 0.25) is 10.0 Å². The van der Waals surface area contributed by atoms with Crippen LogP contribution in [0.5, 0.6) is 0 Å². The highest BCUT2D eigenvalue weighted by Crippen LogP contribution is 2.27. The summed E-state index contributed by atoms with van der Waals surface area (Å²) >= 11 is 0. The third-order valence-electron chi connectivity index (χ3n) is 4.83. The van der Waals surface area contributed by atoms with Crippen molar-refractivity contribution in [1.82, 2.24) is 4.31 Å². The summed E-state index contributed by atoms with van der Waals surface area (Å²) in [6.45, 7) is 10.5. The van der Waals surface area contributed by atoms with E-state index in [9.17, 15) is 16.8 Å². The van der Waals surface area contributed by atoms with Gasteiger partial charge in [-0.25, -0.2) is 16.8 Å². The summed E-state index contributed by atoms with van der Waals surface area (Å²) < 4.78 is 51.9. The fraction of sp³-hybridized carbons (Fsp3) is 0.684. The predicted molar refractivity (Wildman–Crippen MR) is 106 cm³/mol. The Labute approximate surface area is 158 Å². The van der Waals surface area contributed by atoms with E-state index in [2.05, 4.69) is 20.8 Å². The first-order chi connectivity index (χ1) is 11.8. The van der Waals surface area contributed by atoms with Crippen molar-refractivity contribution in [2.45, 2.75) is 63.0 Å². The van der Waals surface area contributed by atoms with Gasteiger partial charge in [-0.15, -0.1) is 0 Å². The first kappa shape index (κ1) is 21.4. The van der Waals surface area contributed by atoms with Crippen LogP contribution >= 0.6 is 0 Å². The lowest BCUT2D eigenvalue weighted by Crippen LogP contribution is -2.43. The van der Waals surface area contributed by atoms with E-state index in [1.165, 1.54) is 4.31 Å². The van der Waals surface area contributed by atoms with Crippen LogP contribution in [0, 0.1) is 5.92 Å². The second kappa shape index (κ2) is 7.60. The van der Waals surface area contributed by atoms with Crippen LogP contribution in [0.1, 0.15) is 53.0 Å². The second-order valence-corrected chi connectivity index (χ2v) is 12.9. The van der Waals surface area contributed by atoms with Crippen molar-refractivity contribution >= 4 is 19.9 Å². The molecule has 0 radical (unpaired) electrons. The number of sulfonamides is 1. The topological polar surface area (TPSA) is 71.5 Å². The second-order valence-electron chi connectivity index (χ2n) is 8.60. The smallest absolute Gasteiger partial charge is 0.229 e. The van der Waals surface area contributed by atoms with Crippen LogP contribution in [0.15, 0.2) is 29.2 Å². The molecule has 2 rings (SSSR count). The van der Waals surface area contributed by atoms with Crippen molar-refractivity contribution in [2.75, 3.05) is 18.8 Å². The zero-order valence-electron chi connectivity index (χ0n) is 16.4. The molecule has 0 aliphatic carbocycles.